The summed E-state index contributed by atoms with van der Waals surface area (Å²) >= 11 is 11.9. The van der Waals surface area contributed by atoms with Crippen molar-refractivity contribution in [2.45, 2.75) is 31.6 Å². The zero-order valence-corrected chi connectivity index (χ0v) is 14.6. The minimum atomic E-state index is -4.00. The quantitative estimate of drug-likeness (QED) is 0.797. The van der Waals surface area contributed by atoms with Crippen molar-refractivity contribution in [2.24, 2.45) is 5.14 Å². The van der Waals surface area contributed by atoms with Crippen molar-refractivity contribution in [2.75, 3.05) is 10.5 Å². The molecule has 0 heterocycles. The number of sulfonamides is 2. The third-order valence-corrected chi connectivity index (χ3v) is 5.89. The van der Waals surface area contributed by atoms with E-state index in [-0.39, 0.29) is 31.9 Å². The van der Waals surface area contributed by atoms with Crippen LogP contribution in [-0.2, 0) is 20.0 Å². The molecule has 0 aromatic heterocycles. The highest BCUT2D eigenvalue weighted by atomic mass is 35.5. The monoisotopic (exact) mass is 374 g/mol. The second kappa shape index (κ2) is 6.70. The van der Waals surface area contributed by atoms with Crippen molar-refractivity contribution in [1.29, 1.82) is 0 Å². The highest BCUT2D eigenvalue weighted by molar-refractivity contribution is 7.92. The van der Waals surface area contributed by atoms with Gasteiger partial charge in [0.05, 0.1) is 26.4 Å². The maximum absolute atomic E-state index is 11.9. The molecule has 0 radical (unpaired) electrons. The van der Waals surface area contributed by atoms with Crippen molar-refractivity contribution >= 4 is 48.9 Å². The summed E-state index contributed by atoms with van der Waals surface area (Å²) in [5.74, 6) is -0.0772. The van der Waals surface area contributed by atoms with Gasteiger partial charge in [0.2, 0.25) is 20.0 Å². The Bertz CT molecular complexity index is 746. The van der Waals surface area contributed by atoms with Crippen molar-refractivity contribution in [3.05, 3.63) is 21.7 Å². The fourth-order valence-electron chi connectivity index (χ4n) is 1.63. The second-order valence-electron chi connectivity index (χ2n) is 4.49. The van der Waals surface area contributed by atoms with Crippen LogP contribution in [0.4, 0.5) is 5.69 Å². The van der Waals surface area contributed by atoms with Gasteiger partial charge in [0.15, 0.2) is 0 Å². The first-order chi connectivity index (χ1) is 9.49. The Balaban J connectivity index is 3.32. The third-order valence-electron chi connectivity index (χ3n) is 2.75. The normalized spacial score (nSPS) is 12.4. The maximum Gasteiger partial charge on any atom is 0.238 e. The summed E-state index contributed by atoms with van der Waals surface area (Å²) in [5.41, 5.74) is 0.0936. The Morgan fingerprint density at radius 1 is 1.24 bits per heavy atom. The van der Waals surface area contributed by atoms with Crippen molar-refractivity contribution < 1.29 is 16.8 Å². The number of halogens is 2. The van der Waals surface area contributed by atoms with E-state index in [0.29, 0.717) is 12.8 Å². The van der Waals surface area contributed by atoms with Crippen LogP contribution in [0.25, 0.3) is 0 Å². The van der Waals surface area contributed by atoms with E-state index in [0.717, 1.165) is 6.07 Å². The summed E-state index contributed by atoms with van der Waals surface area (Å²) in [6.45, 7) is 3.28. The molecular formula is C11H16Cl2N2O4S2. The Morgan fingerprint density at radius 2 is 1.81 bits per heavy atom. The lowest BCUT2D eigenvalue weighted by atomic mass is 10.2. The molecule has 0 fully saturated rings. The average Bonchev–Trinajstić information content (AvgIpc) is 2.35. The zero-order valence-electron chi connectivity index (χ0n) is 11.5. The molecule has 10 heteroatoms. The number of benzene rings is 1. The number of hydrogen-bond donors (Lipinski definition) is 2. The molecule has 0 saturated heterocycles. The highest BCUT2D eigenvalue weighted by Gasteiger charge is 2.22. The third kappa shape index (κ3) is 4.72. The van der Waals surface area contributed by atoms with Gasteiger partial charge in [-0.25, -0.2) is 22.0 Å². The second-order valence-corrected chi connectivity index (χ2v) is 8.65. The molecule has 0 unspecified atom stereocenters. The van der Waals surface area contributed by atoms with E-state index in [1.165, 1.54) is 6.92 Å². The van der Waals surface area contributed by atoms with Crippen LogP contribution in [0.3, 0.4) is 0 Å². The Kier molecular flexibility index (Phi) is 5.91. The molecule has 1 rings (SSSR count). The molecule has 21 heavy (non-hydrogen) atoms. The molecule has 0 saturated carbocycles. The fraction of sp³-hybridized carbons (Fsp3) is 0.455. The molecule has 0 aliphatic carbocycles. The van der Waals surface area contributed by atoms with E-state index in [4.69, 9.17) is 28.3 Å². The Hall–Kier alpha value is -0.540. The van der Waals surface area contributed by atoms with Gasteiger partial charge in [-0.15, -0.1) is 0 Å². The van der Waals surface area contributed by atoms with E-state index in [1.54, 1.807) is 0 Å². The number of nitrogens with two attached hydrogens (primary N) is 1. The smallest absolute Gasteiger partial charge is 0.238 e. The Morgan fingerprint density at radius 3 is 2.29 bits per heavy atom. The summed E-state index contributed by atoms with van der Waals surface area (Å²) in [5, 5.41) is 4.83. The molecule has 3 N–H and O–H groups in total. The van der Waals surface area contributed by atoms with Gasteiger partial charge in [0.25, 0.3) is 0 Å². The SMILES string of the molecule is CCCCS(=O)(=O)Nc1c(Cl)cc(S(N)(=O)=O)c(C)c1Cl. The summed E-state index contributed by atoms with van der Waals surface area (Å²) in [7, 11) is -7.61. The summed E-state index contributed by atoms with van der Waals surface area (Å²) in [6, 6.07) is 1.08. The lowest BCUT2D eigenvalue weighted by molar-refractivity contribution is 0.596. The number of rotatable bonds is 6. The lowest BCUT2D eigenvalue weighted by Gasteiger charge is -2.15. The summed E-state index contributed by atoms with van der Waals surface area (Å²) in [4.78, 5) is -0.242. The molecular weight excluding hydrogens is 359 g/mol. The maximum atomic E-state index is 11.9. The minimum absolute atomic E-state index is 0.0423. The topological polar surface area (TPSA) is 106 Å². The van der Waals surface area contributed by atoms with Crippen LogP contribution in [0.15, 0.2) is 11.0 Å². The van der Waals surface area contributed by atoms with E-state index >= 15 is 0 Å². The van der Waals surface area contributed by atoms with Crippen molar-refractivity contribution in [1.82, 2.24) is 0 Å². The first-order valence-electron chi connectivity index (χ1n) is 6.01. The molecule has 120 valence electrons. The van der Waals surface area contributed by atoms with Gasteiger partial charge < -0.3 is 0 Å². The first-order valence-corrected chi connectivity index (χ1v) is 9.97. The predicted molar refractivity (Wildman–Crippen MR) is 84.9 cm³/mol. The first kappa shape index (κ1) is 18.5. The van der Waals surface area contributed by atoms with Crippen LogP contribution >= 0.6 is 23.2 Å². The lowest BCUT2D eigenvalue weighted by Crippen LogP contribution is -2.18. The van der Waals surface area contributed by atoms with E-state index < -0.39 is 20.0 Å². The average molecular weight is 375 g/mol. The van der Waals surface area contributed by atoms with Crippen LogP contribution in [0, 0.1) is 6.92 Å². The number of anilines is 1. The molecule has 6 nitrogen and oxygen atoms in total. The molecule has 0 atom stereocenters. The largest absolute Gasteiger partial charge is 0.281 e. The standard InChI is InChI=1S/C11H16Cl2N2O4S2/c1-3-4-5-20(16,17)15-11-8(12)6-9(21(14,18)19)7(2)10(11)13/h6,15H,3-5H2,1-2H3,(H2,14,18,19). The van der Waals surface area contributed by atoms with E-state index in [9.17, 15) is 16.8 Å². The van der Waals surface area contributed by atoms with Crippen LogP contribution in [0.1, 0.15) is 25.3 Å². The van der Waals surface area contributed by atoms with E-state index in [2.05, 4.69) is 4.72 Å². The van der Waals surface area contributed by atoms with Gasteiger partial charge in [-0.1, -0.05) is 36.5 Å². The highest BCUT2D eigenvalue weighted by Crippen LogP contribution is 2.37. The number of nitrogens with one attached hydrogen (secondary N) is 1. The van der Waals surface area contributed by atoms with E-state index in [1.807, 2.05) is 6.92 Å². The summed E-state index contributed by atoms with van der Waals surface area (Å²) < 4.78 is 48.9. The molecule has 1 aromatic rings. The van der Waals surface area contributed by atoms with Crippen LogP contribution < -0.4 is 9.86 Å². The van der Waals surface area contributed by atoms with Gasteiger partial charge in [-0.05, 0) is 25.0 Å². The fourth-order valence-corrected chi connectivity index (χ4v) is 4.51. The van der Waals surface area contributed by atoms with Gasteiger partial charge in [-0.2, -0.15) is 0 Å². The van der Waals surface area contributed by atoms with Crippen LogP contribution in [-0.4, -0.2) is 22.6 Å². The zero-order chi connectivity index (χ0) is 16.4. The van der Waals surface area contributed by atoms with Gasteiger partial charge in [-0.3, -0.25) is 4.72 Å². The molecule has 0 aliphatic heterocycles. The molecule has 0 amide bonds. The molecule has 0 aliphatic rings. The number of hydrogen-bond acceptors (Lipinski definition) is 4. The minimum Gasteiger partial charge on any atom is -0.281 e. The van der Waals surface area contributed by atoms with Crippen molar-refractivity contribution in [3.8, 4) is 0 Å². The Labute approximate surface area is 134 Å². The van der Waals surface area contributed by atoms with Gasteiger partial charge in [0, 0.05) is 0 Å². The number of primary sulfonamides is 1. The van der Waals surface area contributed by atoms with Gasteiger partial charge in [0.1, 0.15) is 0 Å². The molecule has 0 spiro atoms. The summed E-state index contributed by atoms with van der Waals surface area (Å²) in [6.07, 6.45) is 1.20. The number of unbranched alkanes of at least 4 members (excludes halogenated alkanes) is 1. The van der Waals surface area contributed by atoms with Gasteiger partial charge >= 0.3 is 0 Å². The predicted octanol–water partition coefficient (Wildman–Crippen LogP) is 2.49. The van der Waals surface area contributed by atoms with Crippen LogP contribution in [0.2, 0.25) is 10.0 Å². The molecule has 1 aromatic carbocycles. The van der Waals surface area contributed by atoms with Crippen LogP contribution in [0.5, 0.6) is 0 Å². The van der Waals surface area contributed by atoms with Crippen molar-refractivity contribution in [3.63, 3.8) is 0 Å². The molecule has 0 bridgehead atoms.